The molecule has 3 aromatic rings. The van der Waals surface area contributed by atoms with E-state index in [2.05, 4.69) is 15.1 Å². The summed E-state index contributed by atoms with van der Waals surface area (Å²) in [6.07, 6.45) is 3.64. The molecule has 2 aromatic heterocycles. The third-order valence-electron chi connectivity index (χ3n) is 4.22. The SMILES string of the molecule is Cc1nc(C)c(CC(=O)N(C)Cc2ccc(-n3cccn3)cc2)c(=O)[nH]1. The van der Waals surface area contributed by atoms with E-state index in [4.69, 9.17) is 0 Å². The number of rotatable bonds is 5. The molecule has 0 spiro atoms. The lowest BCUT2D eigenvalue weighted by atomic mass is 10.1. The topological polar surface area (TPSA) is 83.9 Å². The number of carbonyl (C=O) groups is 1. The van der Waals surface area contributed by atoms with E-state index in [0.29, 0.717) is 23.6 Å². The zero-order chi connectivity index (χ0) is 18.7. The van der Waals surface area contributed by atoms with Crippen LogP contribution in [-0.2, 0) is 17.8 Å². The van der Waals surface area contributed by atoms with Gasteiger partial charge in [-0.1, -0.05) is 12.1 Å². The van der Waals surface area contributed by atoms with Gasteiger partial charge in [0.1, 0.15) is 5.82 Å². The van der Waals surface area contributed by atoms with E-state index in [1.165, 1.54) is 0 Å². The normalized spacial score (nSPS) is 10.7. The van der Waals surface area contributed by atoms with Crippen molar-refractivity contribution in [1.29, 1.82) is 0 Å². The van der Waals surface area contributed by atoms with Crippen molar-refractivity contribution < 1.29 is 4.79 Å². The zero-order valence-electron chi connectivity index (χ0n) is 15.1. The van der Waals surface area contributed by atoms with E-state index in [-0.39, 0.29) is 17.9 Å². The van der Waals surface area contributed by atoms with Crippen LogP contribution in [0.15, 0.2) is 47.5 Å². The molecule has 134 valence electrons. The molecule has 0 fully saturated rings. The summed E-state index contributed by atoms with van der Waals surface area (Å²) < 4.78 is 1.78. The molecule has 0 atom stereocenters. The van der Waals surface area contributed by atoms with Crippen LogP contribution in [0.25, 0.3) is 5.69 Å². The Balaban J connectivity index is 1.67. The van der Waals surface area contributed by atoms with Gasteiger partial charge in [0, 0.05) is 37.2 Å². The van der Waals surface area contributed by atoms with Crippen molar-refractivity contribution in [2.24, 2.45) is 0 Å². The number of hydrogen-bond donors (Lipinski definition) is 1. The minimum absolute atomic E-state index is 0.0380. The molecule has 26 heavy (non-hydrogen) atoms. The van der Waals surface area contributed by atoms with Crippen molar-refractivity contribution in [3.05, 3.63) is 75.7 Å². The second kappa shape index (κ2) is 7.35. The molecule has 0 bridgehead atoms. The first kappa shape index (κ1) is 17.6. The highest BCUT2D eigenvalue weighted by atomic mass is 16.2. The van der Waals surface area contributed by atoms with Gasteiger partial charge in [0.15, 0.2) is 0 Å². The summed E-state index contributed by atoms with van der Waals surface area (Å²) >= 11 is 0. The Morgan fingerprint density at radius 2 is 1.96 bits per heavy atom. The molecule has 0 unspecified atom stereocenters. The van der Waals surface area contributed by atoms with Gasteiger partial charge in [-0.15, -0.1) is 0 Å². The fourth-order valence-electron chi connectivity index (χ4n) is 2.78. The van der Waals surface area contributed by atoms with Crippen LogP contribution in [0.5, 0.6) is 0 Å². The summed E-state index contributed by atoms with van der Waals surface area (Å²) in [7, 11) is 1.73. The summed E-state index contributed by atoms with van der Waals surface area (Å²) in [6.45, 7) is 3.94. The largest absolute Gasteiger partial charge is 0.341 e. The van der Waals surface area contributed by atoms with Gasteiger partial charge in [-0.3, -0.25) is 9.59 Å². The molecule has 0 saturated carbocycles. The molecule has 1 amide bonds. The van der Waals surface area contributed by atoms with E-state index in [0.717, 1.165) is 11.3 Å². The molecule has 7 heteroatoms. The van der Waals surface area contributed by atoms with E-state index in [1.807, 2.05) is 36.5 Å². The van der Waals surface area contributed by atoms with Gasteiger partial charge >= 0.3 is 0 Å². The van der Waals surface area contributed by atoms with E-state index in [9.17, 15) is 9.59 Å². The van der Waals surface area contributed by atoms with Gasteiger partial charge in [-0.05, 0) is 37.6 Å². The Kier molecular flexibility index (Phi) is 4.97. The van der Waals surface area contributed by atoms with Crippen LogP contribution in [0.2, 0.25) is 0 Å². The molecule has 2 heterocycles. The average molecular weight is 351 g/mol. The Morgan fingerprint density at radius 1 is 1.23 bits per heavy atom. The second-order valence-electron chi connectivity index (χ2n) is 6.26. The maximum Gasteiger partial charge on any atom is 0.254 e. The first-order valence-electron chi connectivity index (χ1n) is 8.33. The van der Waals surface area contributed by atoms with E-state index in [1.54, 1.807) is 36.7 Å². The lowest BCUT2D eigenvalue weighted by molar-refractivity contribution is -0.129. The van der Waals surface area contributed by atoms with Gasteiger partial charge in [-0.25, -0.2) is 9.67 Å². The Morgan fingerprint density at radius 3 is 2.58 bits per heavy atom. The van der Waals surface area contributed by atoms with Crippen LogP contribution in [0.3, 0.4) is 0 Å². The van der Waals surface area contributed by atoms with Crippen LogP contribution in [-0.4, -0.2) is 37.6 Å². The monoisotopic (exact) mass is 351 g/mol. The second-order valence-corrected chi connectivity index (χ2v) is 6.26. The number of benzene rings is 1. The highest BCUT2D eigenvalue weighted by Gasteiger charge is 2.15. The third-order valence-corrected chi connectivity index (χ3v) is 4.22. The Bertz CT molecular complexity index is 959. The van der Waals surface area contributed by atoms with Crippen LogP contribution < -0.4 is 5.56 Å². The number of nitrogens with one attached hydrogen (secondary N) is 1. The van der Waals surface area contributed by atoms with Crippen LogP contribution >= 0.6 is 0 Å². The van der Waals surface area contributed by atoms with Crippen molar-refractivity contribution in [3.8, 4) is 5.69 Å². The summed E-state index contributed by atoms with van der Waals surface area (Å²) in [4.78, 5) is 33.0. The number of nitrogens with zero attached hydrogens (tertiary/aromatic N) is 4. The molecular weight excluding hydrogens is 330 g/mol. The molecule has 0 saturated heterocycles. The number of aromatic amines is 1. The molecule has 7 nitrogen and oxygen atoms in total. The number of amides is 1. The summed E-state index contributed by atoms with van der Waals surface area (Å²) in [6, 6.07) is 9.71. The number of aromatic nitrogens is 4. The van der Waals surface area contributed by atoms with Crippen LogP contribution in [0.4, 0.5) is 0 Å². The number of hydrogen-bond acceptors (Lipinski definition) is 4. The Labute approximate surface area is 151 Å². The van der Waals surface area contributed by atoms with Crippen molar-refractivity contribution >= 4 is 5.91 Å². The number of H-pyrrole nitrogens is 1. The predicted molar refractivity (Wildman–Crippen MR) is 98.1 cm³/mol. The smallest absolute Gasteiger partial charge is 0.254 e. The summed E-state index contributed by atoms with van der Waals surface area (Å²) in [5.41, 5.74) is 2.73. The van der Waals surface area contributed by atoms with Gasteiger partial charge in [0.05, 0.1) is 12.1 Å². The molecule has 1 N–H and O–H groups in total. The van der Waals surface area contributed by atoms with Crippen molar-refractivity contribution in [1.82, 2.24) is 24.6 Å². The molecule has 0 aliphatic heterocycles. The summed E-state index contributed by atoms with van der Waals surface area (Å²) in [5, 5.41) is 4.19. The predicted octanol–water partition coefficient (Wildman–Crippen LogP) is 1.77. The highest BCUT2D eigenvalue weighted by molar-refractivity contribution is 5.78. The van der Waals surface area contributed by atoms with Crippen molar-refractivity contribution in [3.63, 3.8) is 0 Å². The third kappa shape index (κ3) is 3.88. The van der Waals surface area contributed by atoms with Gasteiger partial charge in [0.25, 0.3) is 5.56 Å². The molecule has 0 radical (unpaired) electrons. The van der Waals surface area contributed by atoms with E-state index < -0.39 is 0 Å². The lowest BCUT2D eigenvalue weighted by Crippen LogP contribution is -2.31. The van der Waals surface area contributed by atoms with Crippen LogP contribution in [0, 0.1) is 13.8 Å². The van der Waals surface area contributed by atoms with E-state index >= 15 is 0 Å². The number of carbonyl (C=O) groups excluding carboxylic acids is 1. The highest BCUT2D eigenvalue weighted by Crippen LogP contribution is 2.11. The minimum Gasteiger partial charge on any atom is -0.341 e. The molecule has 3 rings (SSSR count). The fourth-order valence-corrected chi connectivity index (χ4v) is 2.78. The van der Waals surface area contributed by atoms with Crippen molar-refractivity contribution in [2.45, 2.75) is 26.8 Å². The molecule has 0 aliphatic rings. The molecule has 0 aliphatic carbocycles. The molecular formula is C19H21N5O2. The average Bonchev–Trinajstić information content (AvgIpc) is 3.13. The fraction of sp³-hybridized carbons (Fsp3) is 0.263. The maximum atomic E-state index is 12.5. The minimum atomic E-state index is -0.250. The van der Waals surface area contributed by atoms with Gasteiger partial charge in [0.2, 0.25) is 5.91 Å². The Hall–Kier alpha value is -3.22. The summed E-state index contributed by atoms with van der Waals surface area (Å²) in [5.74, 6) is 0.426. The van der Waals surface area contributed by atoms with Crippen molar-refractivity contribution in [2.75, 3.05) is 7.05 Å². The standard InChI is InChI=1S/C19H21N5O2/c1-13-17(19(26)22-14(2)21-13)11-18(25)23(3)12-15-5-7-16(8-6-15)24-10-4-9-20-24/h4-10H,11-12H2,1-3H3,(H,21,22,26). The number of likely N-dealkylation sites (N-methyl/N-ethyl adjacent to an activating group) is 1. The number of aryl methyl sites for hydroxylation is 2. The lowest BCUT2D eigenvalue weighted by Gasteiger charge is -2.18. The first-order chi connectivity index (χ1) is 12.4. The van der Waals surface area contributed by atoms with Gasteiger partial charge in [-0.2, -0.15) is 5.10 Å². The maximum absolute atomic E-state index is 12.5. The van der Waals surface area contributed by atoms with Gasteiger partial charge < -0.3 is 9.88 Å². The zero-order valence-corrected chi connectivity index (χ0v) is 15.1. The van der Waals surface area contributed by atoms with Crippen LogP contribution in [0.1, 0.15) is 22.6 Å². The first-order valence-corrected chi connectivity index (χ1v) is 8.33. The molecule has 1 aromatic carbocycles. The quantitative estimate of drug-likeness (QED) is 0.759.